The molecule has 2 fully saturated rings. The number of piperidine rings is 1. The second-order valence-corrected chi connectivity index (χ2v) is 8.71. The van der Waals surface area contributed by atoms with Crippen LogP contribution in [0.25, 0.3) is 10.8 Å². The maximum absolute atomic E-state index is 12.9. The zero-order valence-electron chi connectivity index (χ0n) is 18.1. The number of likely N-dealkylation sites (tertiary alicyclic amines) is 1. The maximum Gasteiger partial charge on any atom is 0.315 e. The third kappa shape index (κ3) is 5.06. The van der Waals surface area contributed by atoms with Crippen molar-refractivity contribution in [3.05, 3.63) is 40.3 Å². The molecule has 1 aliphatic heterocycles. The van der Waals surface area contributed by atoms with E-state index in [1.807, 2.05) is 23.1 Å². The number of hydrogen-bond acceptors (Lipinski definition) is 4. The molecule has 1 saturated heterocycles. The Morgan fingerprint density at radius 3 is 2.26 bits per heavy atom. The van der Waals surface area contributed by atoms with Crippen molar-refractivity contribution in [3.63, 3.8) is 0 Å². The van der Waals surface area contributed by atoms with Crippen molar-refractivity contribution in [2.75, 3.05) is 13.1 Å². The number of carbonyl (C=O) groups excluding carboxylic acids is 2. The Kier molecular flexibility index (Phi) is 6.53. The Bertz CT molecular complexity index is 1000. The number of nitrogens with one attached hydrogen (secondary N) is 2. The number of carbonyl (C=O) groups is 2. The molecule has 2 aliphatic rings. The molecule has 3 amide bonds. The summed E-state index contributed by atoms with van der Waals surface area (Å²) in [5.74, 6) is 0.00130. The fourth-order valence-corrected chi connectivity index (χ4v) is 4.69. The van der Waals surface area contributed by atoms with Crippen LogP contribution in [0.2, 0.25) is 0 Å². The molecule has 0 spiro atoms. The maximum atomic E-state index is 12.9. The van der Waals surface area contributed by atoms with Gasteiger partial charge in [-0.25, -0.2) is 9.48 Å². The lowest BCUT2D eigenvalue weighted by Crippen LogP contribution is -2.51. The van der Waals surface area contributed by atoms with Crippen LogP contribution in [0, 0.1) is 0 Å². The van der Waals surface area contributed by atoms with Gasteiger partial charge in [0.25, 0.3) is 5.56 Å². The summed E-state index contributed by atoms with van der Waals surface area (Å²) in [6.07, 6.45) is 7.40. The molecule has 2 heterocycles. The van der Waals surface area contributed by atoms with Gasteiger partial charge in [-0.15, -0.1) is 0 Å². The number of rotatable bonds is 4. The molecule has 8 nitrogen and oxygen atoms in total. The standard InChI is InChI=1S/C23H31N5O3/c1-27-22(30)19-10-6-5-9-18(19)20(26-27)15-21(29)28-13-11-17(12-14-28)25-23(31)24-16-7-3-2-4-8-16/h5-6,9-10,16-17H,2-4,7-8,11-15H2,1H3,(H2,24,25,31). The minimum absolute atomic E-state index is 0.00130. The van der Waals surface area contributed by atoms with Crippen molar-refractivity contribution in [1.29, 1.82) is 0 Å². The SMILES string of the molecule is Cn1nc(CC(=O)N2CCC(NC(=O)NC3CCCCC3)CC2)c2ccccc2c1=O. The second-order valence-electron chi connectivity index (χ2n) is 8.71. The minimum Gasteiger partial charge on any atom is -0.342 e. The summed E-state index contributed by atoms with van der Waals surface area (Å²) in [4.78, 5) is 39.3. The van der Waals surface area contributed by atoms with E-state index in [4.69, 9.17) is 0 Å². The molecule has 31 heavy (non-hydrogen) atoms. The number of amides is 3. The number of fused-ring (bicyclic) bond motifs is 1. The number of benzene rings is 1. The zero-order valence-corrected chi connectivity index (χ0v) is 18.1. The molecule has 0 radical (unpaired) electrons. The number of aryl methyl sites for hydroxylation is 1. The molecule has 0 unspecified atom stereocenters. The van der Waals surface area contributed by atoms with Gasteiger partial charge >= 0.3 is 6.03 Å². The van der Waals surface area contributed by atoms with Gasteiger partial charge in [-0.2, -0.15) is 5.10 Å². The van der Waals surface area contributed by atoms with Gasteiger partial charge in [0.1, 0.15) is 0 Å². The summed E-state index contributed by atoms with van der Waals surface area (Å²) < 4.78 is 1.30. The average Bonchev–Trinajstić information content (AvgIpc) is 2.78. The lowest BCUT2D eigenvalue weighted by molar-refractivity contribution is -0.131. The van der Waals surface area contributed by atoms with E-state index >= 15 is 0 Å². The molecule has 8 heteroatoms. The molecule has 1 aromatic carbocycles. The first kappa shape index (κ1) is 21.3. The van der Waals surface area contributed by atoms with Gasteiger partial charge in [0, 0.05) is 37.6 Å². The molecule has 2 aromatic rings. The van der Waals surface area contributed by atoms with Crippen LogP contribution in [0.5, 0.6) is 0 Å². The molecule has 0 atom stereocenters. The van der Waals surface area contributed by atoms with Crippen LogP contribution < -0.4 is 16.2 Å². The molecule has 1 aromatic heterocycles. The Balaban J connectivity index is 1.31. The van der Waals surface area contributed by atoms with Crippen LogP contribution in [-0.4, -0.2) is 51.8 Å². The zero-order chi connectivity index (χ0) is 21.8. The lowest BCUT2D eigenvalue weighted by atomic mass is 9.96. The lowest BCUT2D eigenvalue weighted by Gasteiger charge is -2.33. The average molecular weight is 426 g/mol. The van der Waals surface area contributed by atoms with Crippen molar-refractivity contribution in [2.45, 2.75) is 63.5 Å². The molecule has 0 bridgehead atoms. The van der Waals surface area contributed by atoms with Crippen LogP contribution >= 0.6 is 0 Å². The highest BCUT2D eigenvalue weighted by Crippen LogP contribution is 2.18. The number of nitrogens with zero attached hydrogens (tertiary/aromatic N) is 3. The van der Waals surface area contributed by atoms with E-state index in [1.54, 1.807) is 13.1 Å². The first-order chi connectivity index (χ1) is 15.0. The second kappa shape index (κ2) is 9.49. The Labute approximate surface area is 182 Å². The molecule has 2 N–H and O–H groups in total. The largest absolute Gasteiger partial charge is 0.342 e. The van der Waals surface area contributed by atoms with E-state index in [2.05, 4.69) is 15.7 Å². The predicted octanol–water partition coefficient (Wildman–Crippen LogP) is 2.10. The van der Waals surface area contributed by atoms with Crippen LogP contribution in [0.3, 0.4) is 0 Å². The fraction of sp³-hybridized carbons (Fsp3) is 0.565. The summed E-state index contributed by atoms with van der Waals surface area (Å²) >= 11 is 0. The summed E-state index contributed by atoms with van der Waals surface area (Å²) in [7, 11) is 1.61. The highest BCUT2D eigenvalue weighted by molar-refractivity contribution is 5.88. The third-order valence-corrected chi connectivity index (χ3v) is 6.47. The predicted molar refractivity (Wildman–Crippen MR) is 119 cm³/mol. The molecule has 4 rings (SSSR count). The van der Waals surface area contributed by atoms with Crippen LogP contribution in [0.4, 0.5) is 4.79 Å². The van der Waals surface area contributed by atoms with E-state index in [0.717, 1.165) is 31.1 Å². The van der Waals surface area contributed by atoms with Gasteiger partial charge < -0.3 is 15.5 Å². The number of urea groups is 1. The minimum atomic E-state index is -0.162. The van der Waals surface area contributed by atoms with Gasteiger partial charge in [-0.1, -0.05) is 37.5 Å². The van der Waals surface area contributed by atoms with Crippen molar-refractivity contribution in [2.24, 2.45) is 7.05 Å². The molecular formula is C23H31N5O3. The Morgan fingerprint density at radius 2 is 1.58 bits per heavy atom. The third-order valence-electron chi connectivity index (χ3n) is 6.47. The van der Waals surface area contributed by atoms with Crippen LogP contribution in [-0.2, 0) is 18.3 Å². The topological polar surface area (TPSA) is 96.3 Å². The Hall–Kier alpha value is -2.90. The van der Waals surface area contributed by atoms with Crippen LogP contribution in [0.15, 0.2) is 29.1 Å². The van der Waals surface area contributed by atoms with E-state index in [0.29, 0.717) is 30.2 Å². The fourth-order valence-electron chi connectivity index (χ4n) is 4.69. The van der Waals surface area contributed by atoms with E-state index < -0.39 is 0 Å². The smallest absolute Gasteiger partial charge is 0.315 e. The van der Waals surface area contributed by atoms with Crippen molar-refractivity contribution < 1.29 is 9.59 Å². The van der Waals surface area contributed by atoms with E-state index in [9.17, 15) is 14.4 Å². The van der Waals surface area contributed by atoms with Gasteiger partial charge in [-0.3, -0.25) is 9.59 Å². The highest BCUT2D eigenvalue weighted by atomic mass is 16.2. The number of hydrogen-bond donors (Lipinski definition) is 2. The summed E-state index contributed by atoms with van der Waals surface area (Å²) in [6, 6.07) is 7.57. The molecular weight excluding hydrogens is 394 g/mol. The van der Waals surface area contributed by atoms with Gasteiger partial charge in [-0.05, 0) is 31.7 Å². The summed E-state index contributed by atoms with van der Waals surface area (Å²) in [6.45, 7) is 1.22. The van der Waals surface area contributed by atoms with Crippen LogP contribution in [0.1, 0.15) is 50.6 Å². The van der Waals surface area contributed by atoms with E-state index in [-0.39, 0.29) is 30.0 Å². The monoisotopic (exact) mass is 425 g/mol. The summed E-state index contributed by atoms with van der Waals surface area (Å²) in [5, 5.41) is 11.8. The van der Waals surface area contributed by atoms with Crippen molar-refractivity contribution >= 4 is 22.7 Å². The number of aromatic nitrogens is 2. The normalized spacial score (nSPS) is 18.2. The molecule has 1 saturated carbocycles. The summed E-state index contributed by atoms with van der Waals surface area (Å²) in [5.41, 5.74) is 0.458. The van der Waals surface area contributed by atoms with Gasteiger partial charge in [0.2, 0.25) is 5.91 Å². The Morgan fingerprint density at radius 1 is 0.968 bits per heavy atom. The van der Waals surface area contributed by atoms with Crippen molar-refractivity contribution in [3.8, 4) is 0 Å². The van der Waals surface area contributed by atoms with Crippen molar-refractivity contribution in [1.82, 2.24) is 25.3 Å². The van der Waals surface area contributed by atoms with Gasteiger partial charge in [0.15, 0.2) is 0 Å². The highest BCUT2D eigenvalue weighted by Gasteiger charge is 2.25. The quantitative estimate of drug-likeness (QED) is 0.784. The molecule has 166 valence electrons. The first-order valence-electron chi connectivity index (χ1n) is 11.3. The molecule has 1 aliphatic carbocycles. The first-order valence-corrected chi connectivity index (χ1v) is 11.3. The van der Waals surface area contributed by atoms with Gasteiger partial charge in [0.05, 0.1) is 17.5 Å². The van der Waals surface area contributed by atoms with E-state index in [1.165, 1.54) is 23.9 Å².